The lowest BCUT2D eigenvalue weighted by Crippen LogP contribution is -2.33. The highest BCUT2D eigenvalue weighted by atomic mass is 19.3. The number of halogens is 2. The van der Waals surface area contributed by atoms with Crippen LogP contribution in [0.15, 0.2) is 24.3 Å². The highest BCUT2D eigenvalue weighted by Gasteiger charge is 2.05. The van der Waals surface area contributed by atoms with Crippen molar-refractivity contribution in [1.82, 2.24) is 5.32 Å². The number of nitriles is 1. The molecule has 0 bridgehead atoms. The minimum atomic E-state index is -2.46. The Morgan fingerprint density at radius 3 is 2.57 bits per heavy atom. The Hall–Kier alpha value is -1.75. The molecule has 0 radical (unpaired) electrons. The van der Waals surface area contributed by atoms with Gasteiger partial charge in [-0.3, -0.25) is 0 Å². The molecular weight excluding hydrogens is 282 g/mol. The minimum absolute atomic E-state index is 0.0940. The Balaban J connectivity index is 2.08. The summed E-state index contributed by atoms with van der Waals surface area (Å²) in [5.74, 6) is 0.563. The van der Waals surface area contributed by atoms with Gasteiger partial charge in [-0.15, -0.1) is 0 Å². The predicted octanol–water partition coefficient (Wildman–Crippen LogP) is 1.17. The van der Waals surface area contributed by atoms with Gasteiger partial charge in [0, 0.05) is 13.1 Å². The number of aliphatic hydroxyl groups is 1. The van der Waals surface area contributed by atoms with Crippen molar-refractivity contribution >= 4 is 0 Å². The van der Waals surface area contributed by atoms with Gasteiger partial charge in [-0.25, -0.2) is 8.78 Å². The third-order valence-electron chi connectivity index (χ3n) is 2.47. The van der Waals surface area contributed by atoms with E-state index in [1.807, 2.05) is 6.07 Å². The Kier molecular flexibility index (Phi) is 8.28. The van der Waals surface area contributed by atoms with Crippen LogP contribution < -0.4 is 10.1 Å². The zero-order chi connectivity index (χ0) is 15.5. The largest absolute Gasteiger partial charge is 0.491 e. The molecule has 0 aliphatic rings. The smallest absolute Gasteiger partial charge is 0.261 e. The summed E-state index contributed by atoms with van der Waals surface area (Å²) >= 11 is 0. The third kappa shape index (κ3) is 8.19. The van der Waals surface area contributed by atoms with Gasteiger partial charge in [0.15, 0.2) is 0 Å². The van der Waals surface area contributed by atoms with E-state index in [1.54, 1.807) is 24.3 Å². The van der Waals surface area contributed by atoms with Crippen LogP contribution >= 0.6 is 0 Å². The number of aliphatic hydroxyl groups excluding tert-OH is 1. The Labute approximate surface area is 122 Å². The molecule has 1 aromatic carbocycles. The molecule has 2 N–H and O–H groups in total. The molecule has 0 aliphatic heterocycles. The molecule has 1 unspecified atom stereocenters. The number of ether oxygens (including phenoxy) is 2. The molecule has 0 amide bonds. The fourth-order valence-corrected chi connectivity index (χ4v) is 1.46. The molecule has 21 heavy (non-hydrogen) atoms. The lowest BCUT2D eigenvalue weighted by molar-refractivity contribution is 0.0177. The van der Waals surface area contributed by atoms with Gasteiger partial charge in [-0.2, -0.15) is 5.26 Å². The van der Waals surface area contributed by atoms with Crippen molar-refractivity contribution in [2.75, 3.05) is 32.9 Å². The van der Waals surface area contributed by atoms with Crippen molar-refractivity contribution in [2.24, 2.45) is 0 Å². The maximum Gasteiger partial charge on any atom is 0.261 e. The quantitative estimate of drug-likeness (QED) is 0.635. The molecular formula is C14H18F2N2O3. The number of nitrogens with one attached hydrogen (secondary N) is 1. The molecule has 1 atom stereocenters. The summed E-state index contributed by atoms with van der Waals surface area (Å²) in [5.41, 5.74) is 0.536. The van der Waals surface area contributed by atoms with Crippen LogP contribution in [0.5, 0.6) is 5.75 Å². The molecule has 0 saturated heterocycles. The summed E-state index contributed by atoms with van der Waals surface area (Å²) < 4.78 is 33.5. The maximum atomic E-state index is 11.8. The fraction of sp³-hybridized carbons (Fsp3) is 0.500. The first-order valence-electron chi connectivity index (χ1n) is 6.49. The molecule has 1 aromatic rings. The van der Waals surface area contributed by atoms with Crippen molar-refractivity contribution in [3.05, 3.63) is 29.8 Å². The van der Waals surface area contributed by atoms with Crippen molar-refractivity contribution in [3.8, 4) is 11.8 Å². The van der Waals surface area contributed by atoms with Crippen LogP contribution in [0.3, 0.4) is 0 Å². The van der Waals surface area contributed by atoms with E-state index in [4.69, 9.17) is 10.00 Å². The molecule has 0 saturated carbocycles. The molecule has 116 valence electrons. The second kappa shape index (κ2) is 10.0. The van der Waals surface area contributed by atoms with Crippen LogP contribution in [0, 0.1) is 11.3 Å². The number of alkyl halides is 2. The zero-order valence-corrected chi connectivity index (χ0v) is 11.5. The molecule has 0 aromatic heterocycles. The van der Waals surface area contributed by atoms with Crippen LogP contribution in [-0.4, -0.2) is 50.5 Å². The summed E-state index contributed by atoms with van der Waals surface area (Å²) in [6.45, 7) is 0.325. The van der Waals surface area contributed by atoms with Gasteiger partial charge in [-0.1, -0.05) is 0 Å². The highest BCUT2D eigenvalue weighted by molar-refractivity contribution is 5.34. The van der Waals surface area contributed by atoms with Crippen LogP contribution in [-0.2, 0) is 4.74 Å². The number of hydrogen-bond acceptors (Lipinski definition) is 5. The van der Waals surface area contributed by atoms with E-state index in [1.165, 1.54) is 0 Å². The lowest BCUT2D eigenvalue weighted by atomic mass is 10.2. The SMILES string of the molecule is N#Cc1ccc(OCC(O)CNCCOCC(F)F)cc1. The number of rotatable bonds is 10. The van der Waals surface area contributed by atoms with E-state index in [-0.39, 0.29) is 19.8 Å². The van der Waals surface area contributed by atoms with Crippen LogP contribution in [0.4, 0.5) is 8.78 Å². The van der Waals surface area contributed by atoms with Gasteiger partial charge >= 0.3 is 0 Å². The number of nitrogens with zero attached hydrogens (tertiary/aromatic N) is 1. The second-order valence-electron chi connectivity index (χ2n) is 4.27. The maximum absolute atomic E-state index is 11.8. The monoisotopic (exact) mass is 300 g/mol. The second-order valence-corrected chi connectivity index (χ2v) is 4.27. The molecule has 0 aliphatic carbocycles. The fourth-order valence-electron chi connectivity index (χ4n) is 1.46. The third-order valence-corrected chi connectivity index (χ3v) is 2.47. The first-order valence-corrected chi connectivity index (χ1v) is 6.49. The summed E-state index contributed by atoms with van der Waals surface area (Å²) in [5, 5.41) is 21.2. The first-order chi connectivity index (χ1) is 10.1. The summed E-state index contributed by atoms with van der Waals surface area (Å²) in [4.78, 5) is 0. The first kappa shape index (κ1) is 17.3. The minimum Gasteiger partial charge on any atom is -0.491 e. The molecule has 1 rings (SSSR count). The van der Waals surface area contributed by atoms with E-state index in [9.17, 15) is 13.9 Å². The van der Waals surface area contributed by atoms with Gasteiger partial charge in [-0.05, 0) is 24.3 Å². The predicted molar refractivity (Wildman–Crippen MR) is 72.4 cm³/mol. The van der Waals surface area contributed by atoms with Gasteiger partial charge in [0.2, 0.25) is 0 Å². The molecule has 7 heteroatoms. The van der Waals surface area contributed by atoms with Crippen molar-refractivity contribution in [1.29, 1.82) is 5.26 Å². The Bertz CT molecular complexity index is 435. The standard InChI is InChI=1S/C14H18F2N2O3/c15-14(16)10-20-6-5-18-8-12(19)9-21-13-3-1-11(7-17)2-4-13/h1-4,12,14,18-19H,5-6,8-10H2. The molecule has 5 nitrogen and oxygen atoms in total. The summed E-state index contributed by atoms with van der Waals surface area (Å²) in [6.07, 6.45) is -3.19. The van der Waals surface area contributed by atoms with Crippen molar-refractivity contribution < 1.29 is 23.4 Å². The van der Waals surface area contributed by atoms with Crippen LogP contribution in [0.25, 0.3) is 0 Å². The zero-order valence-electron chi connectivity index (χ0n) is 11.5. The molecule has 0 spiro atoms. The van der Waals surface area contributed by atoms with Crippen LogP contribution in [0.2, 0.25) is 0 Å². The highest BCUT2D eigenvalue weighted by Crippen LogP contribution is 2.11. The summed E-state index contributed by atoms with van der Waals surface area (Å²) in [6, 6.07) is 8.55. The van der Waals surface area contributed by atoms with Gasteiger partial charge in [0.1, 0.15) is 25.1 Å². The lowest BCUT2D eigenvalue weighted by Gasteiger charge is -2.13. The number of hydrogen-bond donors (Lipinski definition) is 2. The van der Waals surface area contributed by atoms with Gasteiger partial charge in [0.25, 0.3) is 6.43 Å². The number of benzene rings is 1. The van der Waals surface area contributed by atoms with Crippen molar-refractivity contribution in [3.63, 3.8) is 0 Å². The molecule has 0 heterocycles. The summed E-state index contributed by atoms with van der Waals surface area (Å²) in [7, 11) is 0. The Morgan fingerprint density at radius 1 is 1.24 bits per heavy atom. The topological polar surface area (TPSA) is 74.5 Å². The van der Waals surface area contributed by atoms with Gasteiger partial charge in [0.05, 0.1) is 18.2 Å². The van der Waals surface area contributed by atoms with E-state index in [0.717, 1.165) is 0 Å². The van der Waals surface area contributed by atoms with Gasteiger partial charge < -0.3 is 19.9 Å². The van der Waals surface area contributed by atoms with E-state index >= 15 is 0 Å². The Morgan fingerprint density at radius 2 is 1.95 bits per heavy atom. The average molecular weight is 300 g/mol. The van der Waals surface area contributed by atoms with Crippen LogP contribution in [0.1, 0.15) is 5.56 Å². The normalized spacial score (nSPS) is 12.1. The molecule has 0 fully saturated rings. The van der Waals surface area contributed by atoms with E-state index in [0.29, 0.717) is 17.9 Å². The average Bonchev–Trinajstić information content (AvgIpc) is 2.49. The van der Waals surface area contributed by atoms with E-state index in [2.05, 4.69) is 10.1 Å². The van der Waals surface area contributed by atoms with E-state index < -0.39 is 19.1 Å². The van der Waals surface area contributed by atoms with Crippen molar-refractivity contribution in [2.45, 2.75) is 12.5 Å².